The van der Waals surface area contributed by atoms with Gasteiger partial charge in [-0.05, 0) is 67.1 Å². The number of rotatable bonds is 9. The van der Waals surface area contributed by atoms with E-state index in [-0.39, 0.29) is 41.1 Å². The molecule has 0 aliphatic carbocycles. The molecule has 0 bridgehead atoms. The van der Waals surface area contributed by atoms with Gasteiger partial charge in [0.15, 0.2) is 5.75 Å². The maximum Gasteiger partial charge on any atom is 0.416 e. The molecular weight excluding hydrogens is 621 g/mol. The monoisotopic (exact) mass is 660 g/mol. The number of hydrogen-bond donors (Lipinski definition) is 3. The van der Waals surface area contributed by atoms with Crippen LogP contribution in [0.2, 0.25) is 0 Å². The number of aliphatic hydroxyl groups is 1. The minimum absolute atomic E-state index is 0.157. The van der Waals surface area contributed by atoms with Crippen LogP contribution in [-0.4, -0.2) is 65.7 Å². The Balaban J connectivity index is 1.36. The van der Waals surface area contributed by atoms with Crippen LogP contribution < -0.4 is 15.4 Å². The number of hydrogen-bond acceptors (Lipinski definition) is 5. The molecule has 3 N–H and O–H groups in total. The van der Waals surface area contributed by atoms with E-state index in [0.29, 0.717) is 19.6 Å². The van der Waals surface area contributed by atoms with Gasteiger partial charge in [0.05, 0.1) is 29.5 Å². The number of aliphatic hydroxyl groups excluding tert-OH is 1. The quantitative estimate of drug-likeness (QED) is 0.174. The summed E-state index contributed by atoms with van der Waals surface area (Å²) < 4.78 is 45.5. The number of carbonyl (C=O) groups excluding carboxylic acids is 2. The van der Waals surface area contributed by atoms with Crippen LogP contribution in [0, 0.1) is 5.92 Å². The van der Waals surface area contributed by atoms with Gasteiger partial charge in [0.1, 0.15) is 6.10 Å². The number of para-hydroxylation sites is 1. The van der Waals surface area contributed by atoms with Crippen molar-refractivity contribution in [2.24, 2.45) is 5.92 Å². The molecule has 11 heteroatoms. The fourth-order valence-corrected chi connectivity index (χ4v) is 5.70. The summed E-state index contributed by atoms with van der Waals surface area (Å²) in [5.74, 6) is -0.332. The number of likely N-dealkylation sites (N-methyl/N-ethyl adjacent to an activating group) is 1. The lowest BCUT2D eigenvalue weighted by Gasteiger charge is -2.38. The van der Waals surface area contributed by atoms with Crippen molar-refractivity contribution in [3.63, 3.8) is 0 Å². The number of fused-ring (bicyclic) bond motifs is 1. The van der Waals surface area contributed by atoms with Crippen molar-refractivity contribution in [1.82, 2.24) is 9.80 Å². The van der Waals surface area contributed by atoms with Crippen LogP contribution in [0.1, 0.15) is 35.3 Å². The Morgan fingerprint density at radius 2 is 1.62 bits per heavy atom. The van der Waals surface area contributed by atoms with Crippen LogP contribution in [0.4, 0.5) is 29.3 Å². The van der Waals surface area contributed by atoms with Crippen molar-refractivity contribution in [2.75, 3.05) is 37.4 Å². The SMILES string of the molecule is C[C@H](CO)N1C[C@H](C)[C@H](CN(C)Cc2ccc(-c3ccccc3)cc2)Oc2c(NC(=O)Nc3ccc(C(F)(F)F)cc3)cccc2C1=O. The first kappa shape index (κ1) is 34.5. The van der Waals surface area contributed by atoms with E-state index < -0.39 is 29.9 Å². The summed E-state index contributed by atoms with van der Waals surface area (Å²) in [6.07, 6.45) is -4.92. The molecule has 1 heterocycles. The first-order chi connectivity index (χ1) is 22.9. The molecule has 8 nitrogen and oxygen atoms in total. The molecule has 3 amide bonds. The summed E-state index contributed by atoms with van der Waals surface area (Å²) in [6, 6.07) is 26.2. The number of halogens is 3. The second kappa shape index (κ2) is 14.9. The van der Waals surface area contributed by atoms with Gasteiger partial charge in [-0.25, -0.2) is 4.79 Å². The Morgan fingerprint density at radius 3 is 2.27 bits per heavy atom. The minimum Gasteiger partial charge on any atom is -0.486 e. The summed E-state index contributed by atoms with van der Waals surface area (Å²) >= 11 is 0. The molecular formula is C37H39F3N4O4. The lowest BCUT2D eigenvalue weighted by atomic mass is 9.98. The number of nitrogens with zero attached hydrogens (tertiary/aromatic N) is 2. The Morgan fingerprint density at radius 1 is 0.958 bits per heavy atom. The Hall–Kier alpha value is -4.87. The molecule has 4 aromatic carbocycles. The third-order valence-corrected chi connectivity index (χ3v) is 8.41. The number of alkyl halides is 3. The average molecular weight is 661 g/mol. The van der Waals surface area contributed by atoms with E-state index in [1.165, 1.54) is 0 Å². The van der Waals surface area contributed by atoms with E-state index in [1.54, 1.807) is 30.0 Å². The zero-order chi connectivity index (χ0) is 34.4. The molecule has 0 saturated carbocycles. The standard InChI is InChI=1S/C37H39F3N4O4/c1-24-20-44(25(2)23-45)35(46)31-10-7-11-32(42-36(47)41-30-18-16-29(17-19-30)37(38,39)40)34(31)48-33(24)22-43(3)21-26-12-14-28(15-13-26)27-8-5-4-6-9-27/h4-19,24-25,33,45H,20-23H2,1-3H3,(H2,41,42,47)/t24-,25+,33-/m0/s1. The predicted octanol–water partition coefficient (Wildman–Crippen LogP) is 7.37. The zero-order valence-corrected chi connectivity index (χ0v) is 27.0. The fourth-order valence-electron chi connectivity index (χ4n) is 5.70. The number of urea groups is 1. The molecule has 1 aliphatic rings. The highest BCUT2D eigenvalue weighted by Crippen LogP contribution is 2.35. The van der Waals surface area contributed by atoms with Gasteiger partial charge < -0.3 is 25.4 Å². The van der Waals surface area contributed by atoms with E-state index in [0.717, 1.165) is 41.0 Å². The molecule has 0 fully saturated rings. The normalized spacial score (nSPS) is 17.2. The molecule has 252 valence electrons. The Kier molecular flexibility index (Phi) is 10.7. The van der Waals surface area contributed by atoms with E-state index in [4.69, 9.17) is 4.74 Å². The first-order valence-corrected chi connectivity index (χ1v) is 15.7. The van der Waals surface area contributed by atoms with Gasteiger partial charge in [-0.1, -0.05) is 67.6 Å². The number of ether oxygens (including phenoxy) is 1. The molecule has 0 unspecified atom stereocenters. The highest BCUT2D eigenvalue weighted by molar-refractivity contribution is 6.04. The van der Waals surface area contributed by atoms with Crippen LogP contribution in [-0.2, 0) is 12.7 Å². The van der Waals surface area contributed by atoms with E-state index in [2.05, 4.69) is 51.9 Å². The van der Waals surface area contributed by atoms with Crippen molar-refractivity contribution < 1.29 is 32.6 Å². The van der Waals surface area contributed by atoms with Gasteiger partial charge in [-0.3, -0.25) is 9.69 Å². The van der Waals surface area contributed by atoms with Crippen LogP contribution in [0.15, 0.2) is 97.1 Å². The molecule has 48 heavy (non-hydrogen) atoms. The van der Waals surface area contributed by atoms with E-state index in [9.17, 15) is 27.9 Å². The number of nitrogens with one attached hydrogen (secondary N) is 2. The summed E-state index contributed by atoms with van der Waals surface area (Å²) in [6.45, 7) is 4.99. The van der Waals surface area contributed by atoms with Crippen molar-refractivity contribution in [3.8, 4) is 16.9 Å². The smallest absolute Gasteiger partial charge is 0.416 e. The molecule has 5 rings (SSSR count). The lowest BCUT2D eigenvalue weighted by molar-refractivity contribution is -0.137. The first-order valence-electron chi connectivity index (χ1n) is 15.7. The van der Waals surface area contributed by atoms with Crippen molar-refractivity contribution in [1.29, 1.82) is 0 Å². The van der Waals surface area contributed by atoms with Crippen LogP contribution >= 0.6 is 0 Å². The lowest BCUT2D eigenvalue weighted by Crippen LogP contribution is -2.49. The van der Waals surface area contributed by atoms with Gasteiger partial charge in [-0.15, -0.1) is 0 Å². The maximum absolute atomic E-state index is 13.8. The van der Waals surface area contributed by atoms with Crippen LogP contribution in [0.5, 0.6) is 5.75 Å². The number of carbonyl (C=O) groups is 2. The third-order valence-electron chi connectivity index (χ3n) is 8.41. The highest BCUT2D eigenvalue weighted by Gasteiger charge is 2.35. The maximum atomic E-state index is 13.8. The Bertz CT molecular complexity index is 1700. The molecule has 0 spiro atoms. The predicted molar refractivity (Wildman–Crippen MR) is 180 cm³/mol. The summed E-state index contributed by atoms with van der Waals surface area (Å²) in [5, 5.41) is 15.2. The molecule has 0 aromatic heterocycles. The van der Waals surface area contributed by atoms with Gasteiger partial charge >= 0.3 is 12.2 Å². The van der Waals surface area contributed by atoms with Crippen molar-refractivity contribution in [3.05, 3.63) is 114 Å². The average Bonchev–Trinajstić information content (AvgIpc) is 3.07. The summed E-state index contributed by atoms with van der Waals surface area (Å²) in [5.41, 5.74) is 3.15. The summed E-state index contributed by atoms with van der Waals surface area (Å²) in [4.78, 5) is 30.5. The second-order valence-electron chi connectivity index (χ2n) is 12.2. The van der Waals surface area contributed by atoms with Crippen LogP contribution in [0.25, 0.3) is 11.1 Å². The number of amides is 3. The van der Waals surface area contributed by atoms with Gasteiger partial charge in [0.25, 0.3) is 5.91 Å². The van der Waals surface area contributed by atoms with Gasteiger partial charge in [0, 0.05) is 31.2 Å². The summed E-state index contributed by atoms with van der Waals surface area (Å²) in [7, 11) is 1.99. The van der Waals surface area contributed by atoms with E-state index >= 15 is 0 Å². The second-order valence-corrected chi connectivity index (χ2v) is 12.2. The topological polar surface area (TPSA) is 94.1 Å². The fraction of sp³-hybridized carbons (Fsp3) is 0.297. The Labute approximate surface area is 278 Å². The van der Waals surface area contributed by atoms with Crippen LogP contribution in [0.3, 0.4) is 0 Å². The van der Waals surface area contributed by atoms with Crippen molar-refractivity contribution >= 4 is 23.3 Å². The van der Waals surface area contributed by atoms with Crippen molar-refractivity contribution in [2.45, 2.75) is 38.7 Å². The molecule has 4 aromatic rings. The van der Waals surface area contributed by atoms with Gasteiger partial charge in [-0.2, -0.15) is 13.2 Å². The third kappa shape index (κ3) is 8.34. The molecule has 0 radical (unpaired) electrons. The zero-order valence-electron chi connectivity index (χ0n) is 27.0. The van der Waals surface area contributed by atoms with Gasteiger partial charge in [0.2, 0.25) is 0 Å². The largest absolute Gasteiger partial charge is 0.486 e. The molecule has 0 saturated heterocycles. The number of anilines is 2. The number of benzene rings is 4. The minimum atomic E-state index is -4.50. The molecule has 3 atom stereocenters. The van der Waals surface area contributed by atoms with E-state index in [1.807, 2.05) is 32.2 Å². The highest BCUT2D eigenvalue weighted by atomic mass is 19.4. The molecule has 1 aliphatic heterocycles.